The Morgan fingerprint density at radius 1 is 0.900 bits per heavy atom. The second-order valence-corrected chi connectivity index (χ2v) is 14.9. The van der Waals surface area contributed by atoms with Crippen molar-refractivity contribution in [3.8, 4) is 0 Å². The lowest BCUT2D eigenvalue weighted by Crippen LogP contribution is -2.23. The summed E-state index contributed by atoms with van der Waals surface area (Å²) in [4.78, 5) is 38.5. The molecule has 326 valence electrons. The fraction of sp³-hybridized carbons (Fsp3) is 0.423. The highest BCUT2D eigenvalue weighted by Gasteiger charge is 2.08. The number of carbonyl (C=O) groups excluding carboxylic acids is 3. The van der Waals surface area contributed by atoms with Crippen LogP contribution in [0, 0.1) is 0 Å². The molecule has 0 saturated carbocycles. The van der Waals surface area contributed by atoms with Crippen LogP contribution in [0.4, 0.5) is 0 Å². The number of rotatable bonds is 21. The number of aldehydes is 1. The summed E-state index contributed by atoms with van der Waals surface area (Å²) in [5, 5.41) is 9.61. The predicted molar refractivity (Wildman–Crippen MR) is 257 cm³/mol. The number of nitrogens with one attached hydrogen (secondary N) is 2. The van der Waals surface area contributed by atoms with Crippen molar-refractivity contribution >= 4 is 34.9 Å². The van der Waals surface area contributed by atoms with Crippen LogP contribution in [-0.4, -0.2) is 42.7 Å². The average molecular weight is 836 g/mol. The number of ether oxygens (including phenoxy) is 1. The molecule has 0 radical (unpaired) electrons. The van der Waals surface area contributed by atoms with Crippen LogP contribution in [0.2, 0.25) is 0 Å². The van der Waals surface area contributed by atoms with E-state index in [1.165, 1.54) is 36.8 Å². The van der Waals surface area contributed by atoms with Gasteiger partial charge in [-0.3, -0.25) is 9.59 Å². The highest BCUT2D eigenvalue weighted by molar-refractivity contribution is 7.10. The van der Waals surface area contributed by atoms with Gasteiger partial charge in [-0.2, -0.15) is 0 Å². The molecule has 0 bridgehead atoms. The highest BCUT2D eigenvalue weighted by Crippen LogP contribution is 2.20. The van der Waals surface area contributed by atoms with Crippen molar-refractivity contribution in [1.82, 2.24) is 15.6 Å². The minimum absolute atomic E-state index is 0.0962. The molecule has 2 N–H and O–H groups in total. The SMILES string of the molecule is CC.CC1=CC=CCC=C1.CCC=O.C\C=C/C(=C\C=C(/C)c1nc(CCNCC2=CC=C(OCC(=O)CC)CC=C2)cs1)C(=O)NCc1ccc(CCCCCC)cc1. The van der Waals surface area contributed by atoms with Crippen molar-refractivity contribution < 1.29 is 19.1 Å². The first-order chi connectivity index (χ1) is 29.2. The first-order valence-corrected chi connectivity index (χ1v) is 22.8. The van der Waals surface area contributed by atoms with E-state index in [-0.39, 0.29) is 18.3 Å². The van der Waals surface area contributed by atoms with E-state index in [1.807, 2.05) is 78.0 Å². The lowest BCUT2D eigenvalue weighted by Gasteiger charge is -2.07. The number of carbonyl (C=O) groups is 3. The molecule has 4 rings (SSSR count). The van der Waals surface area contributed by atoms with Crippen molar-refractivity contribution in [2.45, 2.75) is 126 Å². The zero-order valence-electron chi connectivity index (χ0n) is 37.9. The molecule has 0 unspecified atom stereocenters. The average Bonchev–Trinajstić information content (AvgIpc) is 3.46. The van der Waals surface area contributed by atoms with Gasteiger partial charge < -0.3 is 20.2 Å². The molecule has 1 heterocycles. The van der Waals surface area contributed by atoms with Gasteiger partial charge in [0.2, 0.25) is 0 Å². The van der Waals surface area contributed by atoms with E-state index in [1.54, 1.807) is 11.3 Å². The van der Waals surface area contributed by atoms with Gasteiger partial charge in [-0.05, 0) is 74.5 Å². The van der Waals surface area contributed by atoms with Crippen LogP contribution in [-0.2, 0) is 38.5 Å². The normalized spacial score (nSPS) is 13.5. The molecule has 2 aliphatic carbocycles. The van der Waals surface area contributed by atoms with Gasteiger partial charge in [0.25, 0.3) is 5.91 Å². The number of hydrogen-bond donors (Lipinski definition) is 2. The van der Waals surface area contributed by atoms with E-state index in [4.69, 9.17) is 9.72 Å². The number of nitrogens with zero attached hydrogens (tertiary/aromatic N) is 1. The summed E-state index contributed by atoms with van der Waals surface area (Å²) < 4.78 is 5.62. The third kappa shape index (κ3) is 24.9. The molecule has 0 atom stereocenters. The largest absolute Gasteiger partial charge is 0.490 e. The molecule has 2 aliphatic rings. The monoisotopic (exact) mass is 836 g/mol. The molecule has 2 aromatic rings. The fourth-order valence-electron chi connectivity index (χ4n) is 5.43. The molecule has 60 heavy (non-hydrogen) atoms. The van der Waals surface area contributed by atoms with Gasteiger partial charge in [0.05, 0.1) is 5.69 Å². The maximum absolute atomic E-state index is 13.0. The van der Waals surface area contributed by atoms with Crippen molar-refractivity contribution in [2.75, 3.05) is 19.7 Å². The van der Waals surface area contributed by atoms with E-state index in [0.717, 1.165) is 71.8 Å². The molecule has 0 spiro atoms. The standard InChI is InChI=1S/C39H51N3O3S.C8H10.C3H6O.C2H6/c1-5-8-9-10-13-31-17-19-33(20-18-31)27-41-38(44)34(12-6-2)22-16-30(4)39-42-35(29-46-39)24-25-40-26-32-14-11-15-37(23-21-32)45-28-36(43)7-3;1-8-6-4-2-3-5-7-8;1-2-3-4;1-2/h6,11-12,14,16-23,29,40H,5,7-10,13,15,24-28H2,1-4H3,(H,41,44);2,4-7H,3H2,1H3;3H,2H2,1H3;1-2H3/b12-6-,30-16+,34-22+;;;. The van der Waals surface area contributed by atoms with Crippen LogP contribution >= 0.6 is 11.3 Å². The Hall–Kier alpha value is -4.92. The molecule has 7 nitrogen and oxygen atoms in total. The number of hydrogen-bond acceptors (Lipinski definition) is 7. The van der Waals surface area contributed by atoms with Gasteiger partial charge in [0.1, 0.15) is 23.7 Å². The molecule has 0 fully saturated rings. The summed E-state index contributed by atoms with van der Waals surface area (Å²) >= 11 is 1.62. The Morgan fingerprint density at radius 2 is 1.65 bits per heavy atom. The molecule has 0 saturated heterocycles. The van der Waals surface area contributed by atoms with E-state index in [0.29, 0.717) is 31.4 Å². The number of amides is 1. The minimum Gasteiger partial charge on any atom is -0.490 e. The summed E-state index contributed by atoms with van der Waals surface area (Å²) in [6, 6.07) is 8.58. The van der Waals surface area contributed by atoms with Gasteiger partial charge in [-0.15, -0.1) is 11.3 Å². The van der Waals surface area contributed by atoms with Crippen LogP contribution in [0.5, 0.6) is 0 Å². The Kier molecular flexibility index (Phi) is 30.9. The lowest BCUT2D eigenvalue weighted by atomic mass is 10.0. The maximum Gasteiger partial charge on any atom is 0.251 e. The van der Waals surface area contributed by atoms with Crippen molar-refractivity contribution in [1.29, 1.82) is 0 Å². The van der Waals surface area contributed by atoms with E-state index >= 15 is 0 Å². The maximum atomic E-state index is 13.0. The van der Waals surface area contributed by atoms with Gasteiger partial charge >= 0.3 is 0 Å². The second kappa shape index (κ2) is 34.9. The zero-order valence-corrected chi connectivity index (χ0v) is 38.7. The number of thiazole rings is 1. The summed E-state index contributed by atoms with van der Waals surface area (Å²) in [7, 11) is 0. The number of aryl methyl sites for hydroxylation is 1. The van der Waals surface area contributed by atoms with Crippen molar-refractivity contribution in [2.24, 2.45) is 0 Å². The summed E-state index contributed by atoms with van der Waals surface area (Å²) in [6.07, 6.45) is 37.1. The smallest absolute Gasteiger partial charge is 0.251 e. The molecular weight excluding hydrogens is 763 g/mol. The van der Waals surface area contributed by atoms with E-state index in [9.17, 15) is 14.4 Å². The number of Topliss-reactive ketones (excluding diaryl/α,β-unsaturated/α-hetero) is 1. The van der Waals surface area contributed by atoms with Crippen molar-refractivity contribution in [3.63, 3.8) is 0 Å². The number of benzene rings is 1. The molecule has 1 amide bonds. The third-order valence-electron chi connectivity index (χ3n) is 8.95. The number of allylic oxidation sites excluding steroid dienone is 13. The van der Waals surface area contributed by atoms with E-state index < -0.39 is 0 Å². The van der Waals surface area contributed by atoms with Crippen LogP contribution in [0.3, 0.4) is 0 Å². The molecular formula is C52H73N3O4S. The lowest BCUT2D eigenvalue weighted by molar-refractivity contribution is -0.122. The predicted octanol–water partition coefficient (Wildman–Crippen LogP) is 12.5. The van der Waals surface area contributed by atoms with E-state index in [2.05, 4.69) is 96.7 Å². The third-order valence-corrected chi connectivity index (χ3v) is 9.98. The first-order valence-electron chi connectivity index (χ1n) is 21.9. The summed E-state index contributed by atoms with van der Waals surface area (Å²) in [5.74, 6) is 0.823. The second-order valence-electron chi connectivity index (χ2n) is 14.1. The molecule has 8 heteroatoms. The van der Waals surface area contributed by atoms with Gasteiger partial charge in [0, 0.05) is 56.3 Å². The number of aromatic nitrogens is 1. The van der Waals surface area contributed by atoms with Gasteiger partial charge in [-0.1, -0.05) is 151 Å². The summed E-state index contributed by atoms with van der Waals surface area (Å²) in [6.45, 7) is 18.1. The first kappa shape index (κ1) is 53.1. The minimum atomic E-state index is -0.0962. The Morgan fingerprint density at radius 3 is 2.35 bits per heavy atom. The molecule has 1 aromatic carbocycles. The fourth-order valence-corrected chi connectivity index (χ4v) is 6.27. The zero-order chi connectivity index (χ0) is 44.2. The Balaban J connectivity index is 0.00000110. The van der Waals surface area contributed by atoms with Gasteiger partial charge in [-0.25, -0.2) is 4.98 Å². The number of ketones is 1. The van der Waals surface area contributed by atoms with Crippen molar-refractivity contribution in [3.05, 3.63) is 153 Å². The van der Waals surface area contributed by atoms with Crippen LogP contribution < -0.4 is 10.6 Å². The quantitative estimate of drug-likeness (QED) is 0.0563. The summed E-state index contributed by atoms with van der Waals surface area (Å²) in [5.41, 5.74) is 7.63. The van der Waals surface area contributed by atoms with Crippen LogP contribution in [0.15, 0.2) is 131 Å². The topological polar surface area (TPSA) is 97.4 Å². The molecule has 1 aromatic heterocycles. The van der Waals surface area contributed by atoms with Crippen LogP contribution in [0.1, 0.15) is 129 Å². The molecule has 0 aliphatic heterocycles. The number of unbranched alkanes of at least 4 members (excludes halogenated alkanes) is 3. The van der Waals surface area contributed by atoms with Gasteiger partial charge in [0.15, 0.2) is 5.78 Å². The highest BCUT2D eigenvalue weighted by atomic mass is 32.1. The van der Waals surface area contributed by atoms with Crippen LogP contribution in [0.25, 0.3) is 5.57 Å². The Labute approximate surface area is 367 Å². The Bertz CT molecular complexity index is 1820.